The Labute approximate surface area is 96.0 Å². The van der Waals surface area contributed by atoms with Gasteiger partial charge in [0, 0.05) is 13.0 Å². The van der Waals surface area contributed by atoms with E-state index in [0.717, 1.165) is 18.7 Å². The predicted molar refractivity (Wildman–Crippen MR) is 62.3 cm³/mol. The molecule has 0 bridgehead atoms. The molecule has 0 radical (unpaired) electrons. The SMILES string of the molecule is CC(COc1ccccc1)N1CCCC1=O. The topological polar surface area (TPSA) is 29.5 Å². The van der Waals surface area contributed by atoms with E-state index in [-0.39, 0.29) is 11.9 Å². The Morgan fingerprint density at radius 3 is 2.75 bits per heavy atom. The van der Waals surface area contributed by atoms with E-state index in [0.29, 0.717) is 13.0 Å². The van der Waals surface area contributed by atoms with Crippen molar-refractivity contribution in [3.8, 4) is 5.75 Å². The molecule has 1 atom stereocenters. The van der Waals surface area contributed by atoms with Crippen molar-refractivity contribution >= 4 is 5.91 Å². The summed E-state index contributed by atoms with van der Waals surface area (Å²) in [5.74, 6) is 1.12. The molecule has 1 aliphatic rings. The lowest BCUT2D eigenvalue weighted by Gasteiger charge is -2.24. The summed E-state index contributed by atoms with van der Waals surface area (Å²) in [6.07, 6.45) is 1.67. The van der Waals surface area contributed by atoms with Crippen molar-refractivity contribution in [3.05, 3.63) is 30.3 Å². The number of amides is 1. The summed E-state index contributed by atoms with van der Waals surface area (Å²) in [5.41, 5.74) is 0. The van der Waals surface area contributed by atoms with E-state index in [2.05, 4.69) is 0 Å². The zero-order valence-electron chi connectivity index (χ0n) is 9.56. The van der Waals surface area contributed by atoms with Crippen LogP contribution in [0.3, 0.4) is 0 Å². The molecule has 86 valence electrons. The summed E-state index contributed by atoms with van der Waals surface area (Å²) in [6, 6.07) is 9.87. The van der Waals surface area contributed by atoms with Gasteiger partial charge in [0.25, 0.3) is 0 Å². The summed E-state index contributed by atoms with van der Waals surface area (Å²) >= 11 is 0. The van der Waals surface area contributed by atoms with Gasteiger partial charge in [-0.3, -0.25) is 4.79 Å². The van der Waals surface area contributed by atoms with Crippen LogP contribution in [0.4, 0.5) is 0 Å². The lowest BCUT2D eigenvalue weighted by Crippen LogP contribution is -2.38. The van der Waals surface area contributed by atoms with Crippen molar-refractivity contribution in [1.82, 2.24) is 4.90 Å². The van der Waals surface area contributed by atoms with E-state index in [1.54, 1.807) is 0 Å². The average Bonchev–Trinajstić information content (AvgIpc) is 2.74. The van der Waals surface area contributed by atoms with E-state index in [9.17, 15) is 4.79 Å². The minimum atomic E-state index is 0.162. The molecule has 0 saturated carbocycles. The zero-order valence-corrected chi connectivity index (χ0v) is 9.56. The van der Waals surface area contributed by atoms with Gasteiger partial charge in [-0.05, 0) is 25.5 Å². The number of para-hydroxylation sites is 1. The highest BCUT2D eigenvalue weighted by Gasteiger charge is 2.25. The van der Waals surface area contributed by atoms with Gasteiger partial charge in [0.1, 0.15) is 12.4 Å². The normalized spacial score (nSPS) is 17.6. The number of rotatable bonds is 4. The van der Waals surface area contributed by atoms with Crippen LogP contribution in [0.1, 0.15) is 19.8 Å². The van der Waals surface area contributed by atoms with Gasteiger partial charge in [0.2, 0.25) is 5.91 Å². The number of carbonyl (C=O) groups excluding carboxylic acids is 1. The van der Waals surface area contributed by atoms with Crippen molar-refractivity contribution in [2.75, 3.05) is 13.2 Å². The first kappa shape index (κ1) is 11.0. The van der Waals surface area contributed by atoms with Crippen molar-refractivity contribution in [3.63, 3.8) is 0 Å². The number of carbonyl (C=O) groups is 1. The first-order chi connectivity index (χ1) is 7.77. The second-order valence-corrected chi connectivity index (χ2v) is 4.16. The second kappa shape index (κ2) is 5.01. The predicted octanol–water partition coefficient (Wildman–Crippen LogP) is 2.08. The number of likely N-dealkylation sites (tertiary alicyclic amines) is 1. The molecule has 3 heteroatoms. The molecule has 1 fully saturated rings. The smallest absolute Gasteiger partial charge is 0.222 e. The van der Waals surface area contributed by atoms with Crippen molar-refractivity contribution in [1.29, 1.82) is 0 Å². The number of hydrogen-bond donors (Lipinski definition) is 0. The quantitative estimate of drug-likeness (QED) is 0.776. The van der Waals surface area contributed by atoms with Crippen LogP contribution < -0.4 is 4.74 Å². The molecule has 1 saturated heterocycles. The summed E-state index contributed by atoms with van der Waals surface area (Å²) < 4.78 is 5.63. The lowest BCUT2D eigenvalue weighted by molar-refractivity contribution is -0.129. The Morgan fingerprint density at radius 1 is 1.38 bits per heavy atom. The molecule has 1 heterocycles. The molecule has 1 aliphatic heterocycles. The van der Waals surface area contributed by atoms with Crippen molar-refractivity contribution in [2.45, 2.75) is 25.8 Å². The largest absolute Gasteiger partial charge is 0.491 e. The summed E-state index contributed by atoms with van der Waals surface area (Å²) in [4.78, 5) is 13.4. The lowest BCUT2D eigenvalue weighted by atomic mass is 10.3. The van der Waals surface area contributed by atoms with Crippen molar-refractivity contribution < 1.29 is 9.53 Å². The highest BCUT2D eigenvalue weighted by atomic mass is 16.5. The van der Waals surface area contributed by atoms with E-state index < -0.39 is 0 Å². The first-order valence-electron chi connectivity index (χ1n) is 5.74. The second-order valence-electron chi connectivity index (χ2n) is 4.16. The number of nitrogens with zero attached hydrogens (tertiary/aromatic N) is 1. The molecule has 0 N–H and O–H groups in total. The summed E-state index contributed by atoms with van der Waals surface area (Å²) in [6.45, 7) is 3.47. The fraction of sp³-hybridized carbons (Fsp3) is 0.462. The Kier molecular flexibility index (Phi) is 3.44. The van der Waals surface area contributed by atoms with Gasteiger partial charge in [0.15, 0.2) is 0 Å². The molecule has 3 nitrogen and oxygen atoms in total. The van der Waals surface area contributed by atoms with Crippen LogP contribution >= 0.6 is 0 Å². The van der Waals surface area contributed by atoms with Gasteiger partial charge in [-0.1, -0.05) is 18.2 Å². The van der Waals surface area contributed by atoms with Crippen LogP contribution in [0.25, 0.3) is 0 Å². The van der Waals surface area contributed by atoms with Crippen LogP contribution in [-0.2, 0) is 4.79 Å². The van der Waals surface area contributed by atoms with Gasteiger partial charge in [0.05, 0.1) is 6.04 Å². The molecule has 1 amide bonds. The zero-order chi connectivity index (χ0) is 11.4. The molecule has 16 heavy (non-hydrogen) atoms. The third-order valence-electron chi connectivity index (χ3n) is 2.88. The Bertz CT molecular complexity index is 350. The van der Waals surface area contributed by atoms with E-state index in [1.165, 1.54) is 0 Å². The van der Waals surface area contributed by atoms with E-state index in [1.807, 2.05) is 42.2 Å². The molecular formula is C13H17NO2. The van der Waals surface area contributed by atoms with Gasteiger partial charge in [-0.15, -0.1) is 0 Å². The molecule has 1 unspecified atom stereocenters. The van der Waals surface area contributed by atoms with Crippen LogP contribution in [0.2, 0.25) is 0 Å². The van der Waals surface area contributed by atoms with Gasteiger partial charge in [-0.2, -0.15) is 0 Å². The maximum atomic E-state index is 11.5. The summed E-state index contributed by atoms with van der Waals surface area (Å²) in [7, 11) is 0. The van der Waals surface area contributed by atoms with E-state index >= 15 is 0 Å². The molecule has 0 aromatic heterocycles. The minimum Gasteiger partial charge on any atom is -0.491 e. The Balaban J connectivity index is 1.84. The summed E-state index contributed by atoms with van der Waals surface area (Å²) in [5, 5.41) is 0. The Hall–Kier alpha value is -1.51. The van der Waals surface area contributed by atoms with Crippen LogP contribution in [0.15, 0.2) is 30.3 Å². The molecular weight excluding hydrogens is 202 g/mol. The highest BCUT2D eigenvalue weighted by molar-refractivity contribution is 5.78. The maximum Gasteiger partial charge on any atom is 0.222 e. The van der Waals surface area contributed by atoms with Crippen LogP contribution in [-0.4, -0.2) is 30.0 Å². The Morgan fingerprint density at radius 2 is 2.12 bits per heavy atom. The van der Waals surface area contributed by atoms with Gasteiger partial charge in [-0.25, -0.2) is 0 Å². The molecule has 2 rings (SSSR count). The van der Waals surface area contributed by atoms with Gasteiger partial charge >= 0.3 is 0 Å². The first-order valence-corrected chi connectivity index (χ1v) is 5.74. The maximum absolute atomic E-state index is 11.5. The fourth-order valence-electron chi connectivity index (χ4n) is 1.96. The number of benzene rings is 1. The van der Waals surface area contributed by atoms with Crippen LogP contribution in [0, 0.1) is 0 Å². The van der Waals surface area contributed by atoms with E-state index in [4.69, 9.17) is 4.74 Å². The number of hydrogen-bond acceptors (Lipinski definition) is 2. The molecule has 0 spiro atoms. The monoisotopic (exact) mass is 219 g/mol. The standard InChI is InChI=1S/C13H17NO2/c1-11(14-9-5-8-13(14)15)10-16-12-6-3-2-4-7-12/h2-4,6-7,11H,5,8-10H2,1H3. The average molecular weight is 219 g/mol. The van der Waals surface area contributed by atoms with Crippen LogP contribution in [0.5, 0.6) is 5.75 Å². The van der Waals surface area contributed by atoms with Crippen molar-refractivity contribution in [2.24, 2.45) is 0 Å². The minimum absolute atomic E-state index is 0.162. The molecule has 0 aliphatic carbocycles. The third kappa shape index (κ3) is 2.54. The molecule has 1 aromatic rings. The number of ether oxygens (including phenoxy) is 1. The van der Waals surface area contributed by atoms with Gasteiger partial charge < -0.3 is 9.64 Å². The third-order valence-corrected chi connectivity index (χ3v) is 2.88. The highest BCUT2D eigenvalue weighted by Crippen LogP contribution is 2.15. The molecule has 1 aromatic carbocycles. The fourth-order valence-corrected chi connectivity index (χ4v) is 1.96.